The second-order valence-electron chi connectivity index (χ2n) is 4.23. The van der Waals surface area contributed by atoms with Crippen molar-refractivity contribution in [2.45, 2.75) is 26.6 Å². The van der Waals surface area contributed by atoms with Crippen molar-refractivity contribution in [1.29, 1.82) is 0 Å². The largest absolute Gasteiger partial charge is 0.493 e. The fraction of sp³-hybridized carbons (Fsp3) is 0.333. The van der Waals surface area contributed by atoms with E-state index in [0.717, 1.165) is 12.2 Å². The van der Waals surface area contributed by atoms with Crippen LogP contribution in [0.2, 0.25) is 0 Å². The summed E-state index contributed by atoms with van der Waals surface area (Å²) in [6.07, 6.45) is 4.27. The molecule has 20 heavy (non-hydrogen) atoms. The van der Waals surface area contributed by atoms with Crippen molar-refractivity contribution in [2.24, 2.45) is 0 Å². The SMILES string of the molecule is CCCOc1ccc(CO)c(OCc2ncccn2)c1. The summed E-state index contributed by atoms with van der Waals surface area (Å²) >= 11 is 0. The van der Waals surface area contributed by atoms with Gasteiger partial charge in [-0.05, 0) is 24.6 Å². The van der Waals surface area contributed by atoms with Crippen LogP contribution in [0.15, 0.2) is 36.7 Å². The number of aliphatic hydroxyl groups excluding tert-OH is 1. The molecular weight excluding hydrogens is 256 g/mol. The van der Waals surface area contributed by atoms with Crippen LogP contribution in [0.4, 0.5) is 0 Å². The molecule has 1 aromatic carbocycles. The van der Waals surface area contributed by atoms with Gasteiger partial charge >= 0.3 is 0 Å². The molecule has 0 atom stereocenters. The smallest absolute Gasteiger partial charge is 0.166 e. The molecule has 0 saturated heterocycles. The maximum Gasteiger partial charge on any atom is 0.166 e. The van der Waals surface area contributed by atoms with E-state index in [0.29, 0.717) is 23.7 Å². The zero-order chi connectivity index (χ0) is 14.2. The van der Waals surface area contributed by atoms with E-state index in [2.05, 4.69) is 9.97 Å². The summed E-state index contributed by atoms with van der Waals surface area (Å²) in [7, 11) is 0. The highest BCUT2D eigenvalue weighted by atomic mass is 16.5. The summed E-state index contributed by atoms with van der Waals surface area (Å²) in [5, 5.41) is 9.33. The summed E-state index contributed by atoms with van der Waals surface area (Å²) in [5.41, 5.74) is 0.713. The molecule has 0 fully saturated rings. The molecule has 0 bridgehead atoms. The number of benzene rings is 1. The molecule has 1 heterocycles. The molecular formula is C15H18N2O3. The van der Waals surface area contributed by atoms with Crippen LogP contribution in [0.5, 0.6) is 11.5 Å². The first-order valence-electron chi connectivity index (χ1n) is 6.58. The number of hydrogen-bond donors (Lipinski definition) is 1. The monoisotopic (exact) mass is 274 g/mol. The first-order valence-corrected chi connectivity index (χ1v) is 6.58. The lowest BCUT2D eigenvalue weighted by Gasteiger charge is -2.12. The molecule has 0 spiro atoms. The number of hydrogen-bond acceptors (Lipinski definition) is 5. The second-order valence-corrected chi connectivity index (χ2v) is 4.23. The van der Waals surface area contributed by atoms with Crippen molar-refractivity contribution in [1.82, 2.24) is 9.97 Å². The van der Waals surface area contributed by atoms with Gasteiger partial charge in [-0.1, -0.05) is 6.92 Å². The summed E-state index contributed by atoms with van der Waals surface area (Å²) in [6.45, 7) is 2.87. The van der Waals surface area contributed by atoms with Gasteiger partial charge in [0.15, 0.2) is 5.82 Å². The van der Waals surface area contributed by atoms with Gasteiger partial charge in [0.05, 0.1) is 13.2 Å². The van der Waals surface area contributed by atoms with E-state index in [-0.39, 0.29) is 13.2 Å². The van der Waals surface area contributed by atoms with Crippen molar-refractivity contribution in [3.05, 3.63) is 48.0 Å². The summed E-state index contributed by atoms with van der Waals surface area (Å²) in [4.78, 5) is 8.18. The Morgan fingerprint density at radius 1 is 1.15 bits per heavy atom. The van der Waals surface area contributed by atoms with Crippen molar-refractivity contribution in [2.75, 3.05) is 6.61 Å². The van der Waals surface area contributed by atoms with Crippen LogP contribution in [0, 0.1) is 0 Å². The van der Waals surface area contributed by atoms with Crippen LogP contribution in [0.1, 0.15) is 24.7 Å². The highest BCUT2D eigenvalue weighted by molar-refractivity contribution is 5.40. The third-order valence-electron chi connectivity index (χ3n) is 2.66. The lowest BCUT2D eigenvalue weighted by Crippen LogP contribution is -2.03. The second kappa shape index (κ2) is 7.45. The molecule has 2 aromatic rings. The first-order chi connectivity index (χ1) is 9.83. The summed E-state index contributed by atoms with van der Waals surface area (Å²) in [5.74, 6) is 1.91. The van der Waals surface area contributed by atoms with Gasteiger partial charge in [0.25, 0.3) is 0 Å². The van der Waals surface area contributed by atoms with Crippen molar-refractivity contribution in [3.63, 3.8) is 0 Å². The highest BCUT2D eigenvalue weighted by Crippen LogP contribution is 2.25. The molecule has 1 aromatic heterocycles. The van der Waals surface area contributed by atoms with Crippen LogP contribution >= 0.6 is 0 Å². The van der Waals surface area contributed by atoms with Gasteiger partial charge in [-0.15, -0.1) is 0 Å². The minimum absolute atomic E-state index is 0.0843. The molecule has 1 N–H and O–H groups in total. The maximum atomic E-state index is 9.33. The average molecular weight is 274 g/mol. The Labute approximate surface area is 118 Å². The predicted molar refractivity (Wildman–Crippen MR) is 74.5 cm³/mol. The average Bonchev–Trinajstić information content (AvgIpc) is 2.52. The molecule has 5 nitrogen and oxygen atoms in total. The van der Waals surface area contributed by atoms with Crippen molar-refractivity contribution in [3.8, 4) is 11.5 Å². The molecule has 0 aliphatic rings. The molecule has 2 rings (SSSR count). The molecule has 0 aliphatic heterocycles. The topological polar surface area (TPSA) is 64.5 Å². The maximum absolute atomic E-state index is 9.33. The van der Waals surface area contributed by atoms with Gasteiger partial charge in [0.1, 0.15) is 18.1 Å². The summed E-state index contributed by atoms with van der Waals surface area (Å²) < 4.78 is 11.2. The fourth-order valence-corrected chi connectivity index (χ4v) is 1.66. The fourth-order valence-electron chi connectivity index (χ4n) is 1.66. The third-order valence-corrected chi connectivity index (χ3v) is 2.66. The van der Waals surface area contributed by atoms with Crippen molar-refractivity contribution >= 4 is 0 Å². The molecule has 0 amide bonds. The number of nitrogens with zero attached hydrogens (tertiary/aromatic N) is 2. The Morgan fingerprint density at radius 2 is 1.95 bits per heavy atom. The molecule has 0 unspecified atom stereocenters. The Morgan fingerprint density at radius 3 is 2.65 bits per heavy atom. The number of rotatable bonds is 7. The van der Waals surface area contributed by atoms with Gasteiger partial charge in [-0.2, -0.15) is 0 Å². The Balaban J connectivity index is 2.07. The van der Waals surface area contributed by atoms with Gasteiger partial charge < -0.3 is 14.6 Å². The molecule has 0 saturated carbocycles. The van der Waals surface area contributed by atoms with Crippen LogP contribution in [0.3, 0.4) is 0 Å². The lowest BCUT2D eigenvalue weighted by atomic mass is 10.2. The Hall–Kier alpha value is -2.14. The van der Waals surface area contributed by atoms with E-state index in [1.165, 1.54) is 0 Å². The van der Waals surface area contributed by atoms with Gasteiger partial charge in [-0.3, -0.25) is 0 Å². The standard InChI is InChI=1S/C15H18N2O3/c1-2-8-19-13-5-4-12(10-18)14(9-13)20-11-15-16-6-3-7-17-15/h3-7,9,18H,2,8,10-11H2,1H3. The lowest BCUT2D eigenvalue weighted by molar-refractivity contribution is 0.253. The normalized spacial score (nSPS) is 10.3. The van der Waals surface area contributed by atoms with E-state index in [1.807, 2.05) is 13.0 Å². The summed E-state index contributed by atoms with van der Waals surface area (Å²) in [6, 6.07) is 7.16. The zero-order valence-corrected chi connectivity index (χ0v) is 11.5. The van der Waals surface area contributed by atoms with Gasteiger partial charge in [0.2, 0.25) is 0 Å². The molecule has 0 radical (unpaired) electrons. The van der Waals surface area contributed by atoms with E-state index < -0.39 is 0 Å². The van der Waals surface area contributed by atoms with Gasteiger partial charge in [-0.25, -0.2) is 9.97 Å². The number of aromatic nitrogens is 2. The van der Waals surface area contributed by atoms with Crippen LogP contribution in [-0.2, 0) is 13.2 Å². The van der Waals surface area contributed by atoms with Crippen molar-refractivity contribution < 1.29 is 14.6 Å². The van der Waals surface area contributed by atoms with Gasteiger partial charge in [0, 0.05) is 24.0 Å². The van der Waals surface area contributed by atoms with E-state index >= 15 is 0 Å². The van der Waals surface area contributed by atoms with Crippen LogP contribution in [0.25, 0.3) is 0 Å². The quantitative estimate of drug-likeness (QED) is 0.839. The molecule has 5 heteroatoms. The van der Waals surface area contributed by atoms with E-state index in [1.54, 1.807) is 30.6 Å². The predicted octanol–water partition coefficient (Wildman–Crippen LogP) is 2.34. The third kappa shape index (κ3) is 3.93. The minimum atomic E-state index is -0.0843. The highest BCUT2D eigenvalue weighted by Gasteiger charge is 2.06. The van der Waals surface area contributed by atoms with Crippen LogP contribution in [-0.4, -0.2) is 21.7 Å². The molecule has 0 aliphatic carbocycles. The van der Waals surface area contributed by atoms with Crippen LogP contribution < -0.4 is 9.47 Å². The minimum Gasteiger partial charge on any atom is -0.493 e. The van der Waals surface area contributed by atoms with E-state index in [4.69, 9.17) is 9.47 Å². The number of aliphatic hydroxyl groups is 1. The first kappa shape index (κ1) is 14.3. The zero-order valence-electron chi connectivity index (χ0n) is 11.5. The Bertz CT molecular complexity index is 532. The molecule has 106 valence electrons. The Kier molecular flexibility index (Phi) is 5.32. The van der Waals surface area contributed by atoms with E-state index in [9.17, 15) is 5.11 Å². The number of ether oxygens (including phenoxy) is 2.